The maximum absolute atomic E-state index is 4.48. The van der Waals surface area contributed by atoms with Crippen LogP contribution in [0, 0.1) is 12.3 Å². The summed E-state index contributed by atoms with van der Waals surface area (Å²) in [6.07, 6.45) is 2.19. The second-order valence-electron chi connectivity index (χ2n) is 5.92. The summed E-state index contributed by atoms with van der Waals surface area (Å²) in [7, 11) is 1.86. The monoisotopic (exact) mass is 408 g/mol. The Hall–Kier alpha value is -0.370. The highest BCUT2D eigenvalue weighted by atomic mass is 127. The standard InChI is InChI=1S/C14H24N4S.HI/c1-11-17-12(9-19-11)5-7-16-13(15-4)18-8-6-14(2,3)10-18;/h9H,5-8,10H2,1-4H3,(H,15,16);1H. The Morgan fingerprint density at radius 3 is 2.80 bits per heavy atom. The number of hydrogen-bond donors (Lipinski definition) is 1. The minimum atomic E-state index is 0. The van der Waals surface area contributed by atoms with E-state index < -0.39 is 0 Å². The van der Waals surface area contributed by atoms with Crippen molar-refractivity contribution in [3.8, 4) is 0 Å². The summed E-state index contributed by atoms with van der Waals surface area (Å²) in [6, 6.07) is 0. The Balaban J connectivity index is 0.00000200. The minimum absolute atomic E-state index is 0. The van der Waals surface area contributed by atoms with Crippen molar-refractivity contribution in [1.29, 1.82) is 0 Å². The molecule has 114 valence electrons. The van der Waals surface area contributed by atoms with Gasteiger partial charge in [0.1, 0.15) is 0 Å². The molecule has 2 heterocycles. The number of thiazole rings is 1. The predicted octanol–water partition coefficient (Wildman–Crippen LogP) is 2.92. The topological polar surface area (TPSA) is 40.5 Å². The summed E-state index contributed by atoms with van der Waals surface area (Å²) in [5.41, 5.74) is 1.58. The maximum Gasteiger partial charge on any atom is 0.193 e. The third-order valence-corrected chi connectivity index (χ3v) is 4.34. The molecule has 1 aromatic heterocycles. The highest BCUT2D eigenvalue weighted by Gasteiger charge is 2.30. The van der Waals surface area contributed by atoms with Crippen molar-refractivity contribution in [2.75, 3.05) is 26.7 Å². The van der Waals surface area contributed by atoms with Gasteiger partial charge in [-0.1, -0.05) is 13.8 Å². The summed E-state index contributed by atoms with van der Waals surface area (Å²) >= 11 is 1.71. The number of aliphatic imine (C=N–C) groups is 1. The number of aryl methyl sites for hydroxylation is 1. The zero-order valence-corrected chi connectivity index (χ0v) is 15.9. The van der Waals surface area contributed by atoms with Gasteiger partial charge in [0, 0.05) is 38.5 Å². The van der Waals surface area contributed by atoms with Gasteiger partial charge in [0.15, 0.2) is 5.96 Å². The molecule has 0 atom stereocenters. The first-order valence-corrected chi connectivity index (χ1v) is 7.75. The van der Waals surface area contributed by atoms with Crippen molar-refractivity contribution < 1.29 is 0 Å². The molecule has 0 radical (unpaired) electrons. The van der Waals surface area contributed by atoms with Crippen molar-refractivity contribution in [2.24, 2.45) is 10.4 Å². The van der Waals surface area contributed by atoms with E-state index in [-0.39, 0.29) is 24.0 Å². The lowest BCUT2D eigenvalue weighted by Crippen LogP contribution is -2.41. The Morgan fingerprint density at radius 2 is 2.30 bits per heavy atom. The normalized spacial score (nSPS) is 18.0. The Bertz CT molecular complexity index is 456. The SMILES string of the molecule is CN=C(NCCc1csc(C)n1)N1CCC(C)(C)C1.I. The van der Waals surface area contributed by atoms with Gasteiger partial charge < -0.3 is 10.2 Å². The number of nitrogens with one attached hydrogen (secondary N) is 1. The number of guanidine groups is 1. The number of aromatic nitrogens is 1. The summed E-state index contributed by atoms with van der Waals surface area (Å²) in [5, 5.41) is 6.72. The molecule has 0 amide bonds. The minimum Gasteiger partial charge on any atom is -0.356 e. The van der Waals surface area contributed by atoms with Crippen LogP contribution < -0.4 is 5.32 Å². The van der Waals surface area contributed by atoms with Crippen LogP contribution in [0.5, 0.6) is 0 Å². The molecule has 0 saturated carbocycles. The predicted molar refractivity (Wildman–Crippen MR) is 97.3 cm³/mol. The third-order valence-electron chi connectivity index (χ3n) is 3.52. The van der Waals surface area contributed by atoms with Crippen molar-refractivity contribution >= 4 is 41.3 Å². The number of hydrogen-bond acceptors (Lipinski definition) is 3. The molecule has 0 unspecified atom stereocenters. The number of halogens is 1. The van der Waals surface area contributed by atoms with E-state index in [0.29, 0.717) is 5.41 Å². The Kier molecular flexibility index (Phi) is 6.71. The molecule has 1 saturated heterocycles. The van der Waals surface area contributed by atoms with Gasteiger partial charge in [0.25, 0.3) is 0 Å². The van der Waals surface area contributed by atoms with E-state index in [0.717, 1.165) is 37.0 Å². The lowest BCUT2D eigenvalue weighted by molar-refractivity contribution is 0.370. The van der Waals surface area contributed by atoms with Crippen molar-refractivity contribution in [2.45, 2.75) is 33.6 Å². The lowest BCUT2D eigenvalue weighted by atomic mass is 9.93. The average Bonchev–Trinajstić information content (AvgIpc) is 2.91. The maximum atomic E-state index is 4.48. The molecule has 6 heteroatoms. The number of rotatable bonds is 3. The molecule has 1 aliphatic heterocycles. The van der Waals surface area contributed by atoms with Gasteiger partial charge >= 0.3 is 0 Å². The lowest BCUT2D eigenvalue weighted by Gasteiger charge is -2.23. The first-order valence-electron chi connectivity index (χ1n) is 6.87. The average molecular weight is 408 g/mol. The zero-order valence-electron chi connectivity index (χ0n) is 12.8. The summed E-state index contributed by atoms with van der Waals surface area (Å²) in [4.78, 5) is 11.2. The first kappa shape index (κ1) is 17.7. The molecule has 0 bridgehead atoms. The first-order chi connectivity index (χ1) is 9.00. The zero-order chi connectivity index (χ0) is 13.9. The summed E-state index contributed by atoms with van der Waals surface area (Å²) in [6.45, 7) is 9.77. The van der Waals surface area contributed by atoms with Crippen LogP contribution in [0.3, 0.4) is 0 Å². The van der Waals surface area contributed by atoms with Crippen LogP contribution in [0.25, 0.3) is 0 Å². The van der Waals surface area contributed by atoms with Crippen molar-refractivity contribution in [3.63, 3.8) is 0 Å². The van der Waals surface area contributed by atoms with E-state index in [1.807, 2.05) is 14.0 Å². The molecule has 0 aromatic carbocycles. The molecule has 1 aliphatic rings. The van der Waals surface area contributed by atoms with Gasteiger partial charge in [-0.25, -0.2) is 4.98 Å². The Labute approximate surface area is 143 Å². The second kappa shape index (κ2) is 7.59. The van der Waals surface area contributed by atoms with E-state index in [2.05, 4.69) is 39.4 Å². The van der Waals surface area contributed by atoms with Gasteiger partial charge in [-0.3, -0.25) is 4.99 Å². The molecule has 0 spiro atoms. The molecular weight excluding hydrogens is 383 g/mol. The molecule has 1 fully saturated rings. The van der Waals surface area contributed by atoms with Gasteiger partial charge in [-0.05, 0) is 18.8 Å². The fourth-order valence-electron chi connectivity index (χ4n) is 2.45. The van der Waals surface area contributed by atoms with Crippen LogP contribution in [-0.4, -0.2) is 42.5 Å². The van der Waals surface area contributed by atoms with Crippen LogP contribution in [0.4, 0.5) is 0 Å². The van der Waals surface area contributed by atoms with E-state index in [9.17, 15) is 0 Å². The second-order valence-corrected chi connectivity index (χ2v) is 6.98. The molecule has 1 N–H and O–H groups in total. The van der Waals surface area contributed by atoms with Crippen LogP contribution in [0.2, 0.25) is 0 Å². The highest BCUT2D eigenvalue weighted by molar-refractivity contribution is 14.0. The molecule has 1 aromatic rings. The molecular formula is C14H25IN4S. The van der Waals surface area contributed by atoms with Crippen LogP contribution >= 0.6 is 35.3 Å². The molecule has 0 aliphatic carbocycles. The fraction of sp³-hybridized carbons (Fsp3) is 0.714. The van der Waals surface area contributed by atoms with Crippen LogP contribution in [-0.2, 0) is 6.42 Å². The third kappa shape index (κ3) is 4.87. The summed E-state index contributed by atoms with van der Waals surface area (Å²) in [5.74, 6) is 1.03. The quantitative estimate of drug-likeness (QED) is 0.475. The fourth-order valence-corrected chi connectivity index (χ4v) is 3.10. The molecule has 2 rings (SSSR count). The van der Waals surface area contributed by atoms with Gasteiger partial charge in [-0.2, -0.15) is 0 Å². The summed E-state index contributed by atoms with van der Waals surface area (Å²) < 4.78 is 0. The van der Waals surface area contributed by atoms with E-state index >= 15 is 0 Å². The molecule has 4 nitrogen and oxygen atoms in total. The largest absolute Gasteiger partial charge is 0.356 e. The number of likely N-dealkylation sites (tertiary alicyclic amines) is 1. The van der Waals surface area contributed by atoms with Gasteiger partial charge in [0.2, 0.25) is 0 Å². The van der Waals surface area contributed by atoms with Gasteiger partial charge in [-0.15, -0.1) is 35.3 Å². The van der Waals surface area contributed by atoms with Crippen LogP contribution in [0.1, 0.15) is 31.0 Å². The van der Waals surface area contributed by atoms with Crippen LogP contribution in [0.15, 0.2) is 10.4 Å². The smallest absolute Gasteiger partial charge is 0.193 e. The van der Waals surface area contributed by atoms with E-state index in [1.54, 1.807) is 11.3 Å². The van der Waals surface area contributed by atoms with E-state index in [4.69, 9.17) is 0 Å². The molecule has 20 heavy (non-hydrogen) atoms. The Morgan fingerprint density at radius 1 is 1.55 bits per heavy atom. The van der Waals surface area contributed by atoms with E-state index in [1.165, 1.54) is 12.1 Å². The van der Waals surface area contributed by atoms with Crippen molar-refractivity contribution in [1.82, 2.24) is 15.2 Å². The van der Waals surface area contributed by atoms with Crippen molar-refractivity contribution in [3.05, 3.63) is 16.1 Å². The number of nitrogens with zero attached hydrogens (tertiary/aromatic N) is 3. The van der Waals surface area contributed by atoms with Gasteiger partial charge in [0.05, 0.1) is 10.7 Å². The highest BCUT2D eigenvalue weighted by Crippen LogP contribution is 2.28.